The fraction of sp³-hybridized carbons (Fsp3) is 0.0370. The number of pyridine rings is 1. The summed E-state index contributed by atoms with van der Waals surface area (Å²) in [5, 5.41) is 2.45. The van der Waals surface area contributed by atoms with Gasteiger partial charge in [0.05, 0.1) is 16.9 Å². The molecule has 3 heterocycles. The first-order chi connectivity index (χ1) is 17.5. The van der Waals surface area contributed by atoms with Crippen LogP contribution in [-0.2, 0) is 6.54 Å². The molecule has 176 valence electrons. The molecule has 0 aliphatic rings. The van der Waals surface area contributed by atoms with Crippen molar-refractivity contribution in [2.75, 3.05) is 4.90 Å². The van der Waals surface area contributed by atoms with Gasteiger partial charge in [0.1, 0.15) is 22.5 Å². The van der Waals surface area contributed by atoms with E-state index in [9.17, 15) is 18.4 Å². The molecule has 0 saturated heterocycles. The van der Waals surface area contributed by atoms with Crippen molar-refractivity contribution in [2.24, 2.45) is 0 Å². The van der Waals surface area contributed by atoms with Crippen LogP contribution in [0.1, 0.15) is 16.1 Å². The first-order valence-electron chi connectivity index (χ1n) is 10.9. The Morgan fingerprint density at radius 2 is 1.81 bits per heavy atom. The average molecular weight is 499 g/mol. The molecule has 0 atom stereocenters. The zero-order valence-corrected chi connectivity index (χ0v) is 19.3. The van der Waals surface area contributed by atoms with Crippen molar-refractivity contribution in [2.45, 2.75) is 6.54 Å². The third kappa shape index (κ3) is 3.79. The van der Waals surface area contributed by atoms with Gasteiger partial charge in [-0.05, 0) is 41.1 Å². The van der Waals surface area contributed by atoms with Crippen molar-refractivity contribution in [1.82, 2.24) is 9.97 Å². The van der Waals surface area contributed by atoms with E-state index < -0.39 is 23.2 Å². The van der Waals surface area contributed by atoms with Crippen LogP contribution in [0.2, 0.25) is 0 Å². The van der Waals surface area contributed by atoms with Gasteiger partial charge in [0.25, 0.3) is 5.91 Å². The van der Waals surface area contributed by atoms with Gasteiger partial charge >= 0.3 is 5.63 Å². The molecular formula is C27H15F2N3O3S. The third-order valence-corrected chi connectivity index (χ3v) is 6.82. The molecule has 0 unspecified atom stereocenters. The summed E-state index contributed by atoms with van der Waals surface area (Å²) in [7, 11) is 0. The predicted octanol–water partition coefficient (Wildman–Crippen LogP) is 6.08. The normalized spacial score (nSPS) is 11.4. The highest BCUT2D eigenvalue weighted by Crippen LogP contribution is 2.33. The van der Waals surface area contributed by atoms with Crippen molar-refractivity contribution < 1.29 is 18.0 Å². The van der Waals surface area contributed by atoms with Crippen molar-refractivity contribution in [3.8, 4) is 0 Å². The van der Waals surface area contributed by atoms with Crippen molar-refractivity contribution in [3.63, 3.8) is 0 Å². The summed E-state index contributed by atoms with van der Waals surface area (Å²) in [6.45, 7) is -0.0450. The summed E-state index contributed by atoms with van der Waals surface area (Å²) in [6.07, 6.45) is 1.57. The molecule has 1 amide bonds. The number of anilines is 1. The highest BCUT2D eigenvalue weighted by molar-refractivity contribution is 7.22. The van der Waals surface area contributed by atoms with E-state index in [1.165, 1.54) is 11.0 Å². The first kappa shape index (κ1) is 22.0. The summed E-state index contributed by atoms with van der Waals surface area (Å²) in [4.78, 5) is 36.5. The Morgan fingerprint density at radius 1 is 0.972 bits per heavy atom. The van der Waals surface area contributed by atoms with Crippen LogP contribution < -0.4 is 10.5 Å². The van der Waals surface area contributed by atoms with E-state index in [0.717, 1.165) is 34.2 Å². The standard InChI is InChI=1S/C27H15F2N3O3S/c28-16-11-21(29)24-23(12-16)36-27(31-24)32(14-17-6-3-4-10-30-17)25(33)20-13-19-18-7-2-1-5-15(18)8-9-22(19)35-26(20)34/h1-13H,14H2. The molecule has 0 spiro atoms. The maximum Gasteiger partial charge on any atom is 0.349 e. The summed E-state index contributed by atoms with van der Waals surface area (Å²) in [5.74, 6) is -2.28. The molecule has 6 nitrogen and oxygen atoms in total. The predicted molar refractivity (Wildman–Crippen MR) is 134 cm³/mol. The molecule has 9 heteroatoms. The molecule has 3 aromatic carbocycles. The van der Waals surface area contributed by atoms with Crippen LogP contribution >= 0.6 is 11.3 Å². The number of hydrogen-bond acceptors (Lipinski definition) is 6. The molecule has 0 aliphatic carbocycles. The molecule has 0 fully saturated rings. The third-order valence-electron chi connectivity index (χ3n) is 5.80. The highest BCUT2D eigenvalue weighted by atomic mass is 32.1. The Bertz CT molecular complexity index is 1850. The number of benzene rings is 3. The van der Waals surface area contributed by atoms with Gasteiger partial charge in [-0.25, -0.2) is 18.6 Å². The van der Waals surface area contributed by atoms with Gasteiger partial charge < -0.3 is 4.42 Å². The minimum Gasteiger partial charge on any atom is -0.422 e. The number of fused-ring (bicyclic) bond motifs is 4. The van der Waals surface area contributed by atoms with E-state index in [-0.39, 0.29) is 27.5 Å². The summed E-state index contributed by atoms with van der Waals surface area (Å²) in [5.41, 5.74) is -0.212. The molecule has 0 aliphatic heterocycles. The van der Waals surface area contributed by atoms with Crippen molar-refractivity contribution in [3.05, 3.63) is 112 Å². The second-order valence-corrected chi connectivity index (χ2v) is 9.10. The molecule has 0 saturated carbocycles. The minimum absolute atomic E-state index is 0.0450. The fourth-order valence-electron chi connectivity index (χ4n) is 4.11. The van der Waals surface area contributed by atoms with Crippen LogP contribution in [0.5, 0.6) is 0 Å². The SMILES string of the molecule is O=C(c1cc2c(ccc3ccccc32)oc1=O)N(Cc1ccccn1)c1nc2c(F)cc(F)cc2s1. The summed E-state index contributed by atoms with van der Waals surface area (Å²) >= 11 is 0.942. The monoisotopic (exact) mass is 499 g/mol. The van der Waals surface area contributed by atoms with E-state index >= 15 is 0 Å². The van der Waals surface area contributed by atoms with Crippen LogP contribution in [0.25, 0.3) is 32.0 Å². The van der Waals surface area contributed by atoms with Gasteiger partial charge in [0, 0.05) is 17.6 Å². The topological polar surface area (TPSA) is 76.3 Å². The van der Waals surface area contributed by atoms with Gasteiger partial charge in [0.2, 0.25) is 0 Å². The van der Waals surface area contributed by atoms with Crippen LogP contribution in [0.3, 0.4) is 0 Å². The quantitative estimate of drug-likeness (QED) is 0.217. The number of rotatable bonds is 4. The smallest absolute Gasteiger partial charge is 0.349 e. The second-order valence-electron chi connectivity index (χ2n) is 8.09. The van der Waals surface area contributed by atoms with Gasteiger partial charge in [-0.3, -0.25) is 14.7 Å². The maximum absolute atomic E-state index is 14.4. The van der Waals surface area contributed by atoms with Crippen LogP contribution in [0, 0.1) is 11.6 Å². The maximum atomic E-state index is 14.4. The highest BCUT2D eigenvalue weighted by Gasteiger charge is 2.26. The lowest BCUT2D eigenvalue weighted by atomic mass is 10.0. The number of carbonyl (C=O) groups excluding carboxylic acids is 1. The van der Waals surface area contributed by atoms with Crippen LogP contribution in [-0.4, -0.2) is 15.9 Å². The number of thiazole rings is 1. The number of carbonyl (C=O) groups is 1. The molecular weight excluding hydrogens is 484 g/mol. The van der Waals surface area contributed by atoms with E-state index in [2.05, 4.69) is 9.97 Å². The Labute approximate surface area is 206 Å². The zero-order valence-electron chi connectivity index (χ0n) is 18.4. The van der Waals surface area contributed by atoms with E-state index in [0.29, 0.717) is 16.7 Å². The summed E-state index contributed by atoms with van der Waals surface area (Å²) in [6, 6.07) is 19.7. The lowest BCUT2D eigenvalue weighted by Crippen LogP contribution is -2.34. The van der Waals surface area contributed by atoms with Gasteiger partial charge in [-0.1, -0.05) is 47.7 Å². The molecule has 3 aromatic heterocycles. The molecule has 0 radical (unpaired) electrons. The Balaban J connectivity index is 1.53. The molecule has 0 N–H and O–H groups in total. The van der Waals surface area contributed by atoms with E-state index in [4.69, 9.17) is 4.42 Å². The molecule has 6 aromatic rings. The minimum atomic E-state index is -0.838. The Morgan fingerprint density at radius 3 is 2.64 bits per heavy atom. The lowest BCUT2D eigenvalue weighted by molar-refractivity contribution is 0.0981. The molecule has 0 bridgehead atoms. The molecule has 36 heavy (non-hydrogen) atoms. The van der Waals surface area contributed by atoms with Crippen molar-refractivity contribution >= 4 is 54.3 Å². The number of nitrogens with zero attached hydrogens (tertiary/aromatic N) is 3. The van der Waals surface area contributed by atoms with Gasteiger partial charge in [-0.15, -0.1) is 0 Å². The number of amides is 1. The number of halogens is 2. The number of hydrogen-bond donors (Lipinski definition) is 0. The zero-order chi connectivity index (χ0) is 24.8. The van der Waals surface area contributed by atoms with Gasteiger partial charge in [-0.2, -0.15) is 0 Å². The fourth-order valence-corrected chi connectivity index (χ4v) is 5.11. The van der Waals surface area contributed by atoms with Crippen molar-refractivity contribution in [1.29, 1.82) is 0 Å². The Hall–Kier alpha value is -4.50. The first-order valence-corrected chi connectivity index (χ1v) is 11.7. The molecule has 6 rings (SSSR count). The van der Waals surface area contributed by atoms with E-state index in [1.807, 2.05) is 30.3 Å². The Kier molecular flexibility index (Phi) is 5.26. The number of aromatic nitrogens is 2. The lowest BCUT2D eigenvalue weighted by Gasteiger charge is -2.19. The van der Waals surface area contributed by atoms with Gasteiger partial charge in [0.15, 0.2) is 10.9 Å². The van der Waals surface area contributed by atoms with Crippen LogP contribution in [0.4, 0.5) is 13.9 Å². The van der Waals surface area contributed by atoms with Crippen LogP contribution in [0.15, 0.2) is 88.2 Å². The average Bonchev–Trinajstić information content (AvgIpc) is 3.31. The van der Waals surface area contributed by atoms with E-state index in [1.54, 1.807) is 30.5 Å². The largest absolute Gasteiger partial charge is 0.422 e. The summed E-state index contributed by atoms with van der Waals surface area (Å²) < 4.78 is 33.9. The second kappa shape index (κ2) is 8.62.